The Balaban J connectivity index is 1.50. The van der Waals surface area contributed by atoms with E-state index in [0.717, 1.165) is 36.3 Å². The third kappa shape index (κ3) is 3.76. The highest BCUT2D eigenvalue weighted by Crippen LogP contribution is 2.32. The summed E-state index contributed by atoms with van der Waals surface area (Å²) in [5.41, 5.74) is 2.77. The van der Waals surface area contributed by atoms with Gasteiger partial charge in [0, 0.05) is 24.2 Å². The predicted octanol–water partition coefficient (Wildman–Crippen LogP) is 4.25. The minimum absolute atomic E-state index is 0.143. The van der Waals surface area contributed by atoms with Gasteiger partial charge in [0.05, 0.1) is 36.0 Å². The molecule has 136 valence electrons. The average molecular weight is 350 g/mol. The van der Waals surface area contributed by atoms with Crippen molar-refractivity contribution in [2.45, 2.75) is 63.8 Å². The molecule has 1 amide bonds. The Morgan fingerprint density at radius 1 is 1.00 bits per heavy atom. The molecule has 0 atom stereocenters. The normalized spacial score (nSPS) is 18.3. The number of nitrogens with zero attached hydrogens (tertiary/aromatic N) is 4. The number of rotatable bonds is 5. The molecular formula is C21H26N4O. The van der Waals surface area contributed by atoms with E-state index in [1.54, 1.807) is 12.4 Å². The molecule has 2 saturated carbocycles. The Labute approximate surface area is 154 Å². The second kappa shape index (κ2) is 7.94. The van der Waals surface area contributed by atoms with E-state index in [1.165, 1.54) is 32.1 Å². The number of amides is 1. The monoisotopic (exact) mass is 350 g/mol. The van der Waals surface area contributed by atoms with E-state index in [-0.39, 0.29) is 11.8 Å². The first-order chi connectivity index (χ1) is 12.8. The van der Waals surface area contributed by atoms with Crippen LogP contribution in [-0.2, 0) is 11.3 Å². The molecule has 0 saturated heterocycles. The third-order valence-electron chi connectivity index (χ3n) is 5.75. The number of aromatic nitrogens is 3. The van der Waals surface area contributed by atoms with Crippen LogP contribution in [0.2, 0.25) is 0 Å². The summed E-state index contributed by atoms with van der Waals surface area (Å²) in [6.45, 7) is 0.457. The molecule has 4 rings (SSSR count). The van der Waals surface area contributed by atoms with Gasteiger partial charge in [0.25, 0.3) is 0 Å². The lowest BCUT2D eigenvalue weighted by molar-refractivity contribution is -0.124. The van der Waals surface area contributed by atoms with Crippen LogP contribution in [0.5, 0.6) is 0 Å². The Bertz CT molecular complexity index is 721. The summed E-state index contributed by atoms with van der Waals surface area (Å²) in [4.78, 5) is 28.2. The highest BCUT2D eigenvalue weighted by Gasteiger charge is 2.30. The molecule has 26 heavy (non-hydrogen) atoms. The lowest BCUT2D eigenvalue weighted by atomic mass is 9.84. The molecule has 0 bridgehead atoms. The maximum absolute atomic E-state index is 12.9. The van der Waals surface area contributed by atoms with E-state index in [9.17, 15) is 4.79 Å². The summed E-state index contributed by atoms with van der Waals surface area (Å²) in [7, 11) is 0. The average Bonchev–Trinajstić information content (AvgIpc) is 2.66. The van der Waals surface area contributed by atoms with Crippen molar-refractivity contribution in [3.05, 3.63) is 48.3 Å². The first-order valence-corrected chi connectivity index (χ1v) is 9.83. The van der Waals surface area contributed by atoms with Crippen LogP contribution >= 0.6 is 0 Å². The van der Waals surface area contributed by atoms with Gasteiger partial charge in [-0.1, -0.05) is 25.7 Å². The molecular weight excluding hydrogens is 324 g/mol. The van der Waals surface area contributed by atoms with Crippen molar-refractivity contribution in [1.29, 1.82) is 0 Å². The number of hydrogen-bond donors (Lipinski definition) is 0. The molecule has 2 aromatic rings. The lowest BCUT2D eigenvalue weighted by Gasteiger charge is -2.31. The molecule has 0 spiro atoms. The second-order valence-corrected chi connectivity index (χ2v) is 7.53. The molecule has 0 aliphatic heterocycles. The van der Waals surface area contributed by atoms with E-state index >= 15 is 0 Å². The van der Waals surface area contributed by atoms with Crippen LogP contribution in [-0.4, -0.2) is 20.9 Å². The van der Waals surface area contributed by atoms with E-state index < -0.39 is 0 Å². The van der Waals surface area contributed by atoms with Crippen molar-refractivity contribution in [2.75, 3.05) is 4.90 Å². The van der Waals surface area contributed by atoms with Crippen molar-refractivity contribution in [3.63, 3.8) is 0 Å². The van der Waals surface area contributed by atoms with Gasteiger partial charge in [-0.3, -0.25) is 19.7 Å². The van der Waals surface area contributed by atoms with Gasteiger partial charge in [-0.05, 0) is 37.8 Å². The quantitative estimate of drug-likeness (QED) is 0.809. The summed E-state index contributed by atoms with van der Waals surface area (Å²) in [5, 5.41) is 0. The zero-order valence-corrected chi connectivity index (χ0v) is 15.2. The fraction of sp³-hybridized carbons (Fsp3) is 0.524. The Kier molecular flexibility index (Phi) is 5.23. The van der Waals surface area contributed by atoms with Gasteiger partial charge >= 0.3 is 0 Å². The molecule has 2 heterocycles. The number of carbonyl (C=O) groups is 1. The van der Waals surface area contributed by atoms with Crippen molar-refractivity contribution in [3.8, 4) is 0 Å². The topological polar surface area (TPSA) is 59.0 Å². The summed E-state index contributed by atoms with van der Waals surface area (Å²) >= 11 is 0. The van der Waals surface area contributed by atoms with Crippen molar-refractivity contribution >= 4 is 11.6 Å². The van der Waals surface area contributed by atoms with Crippen LogP contribution in [0, 0.1) is 5.92 Å². The third-order valence-corrected chi connectivity index (χ3v) is 5.75. The zero-order valence-electron chi connectivity index (χ0n) is 15.2. The Hall–Kier alpha value is -2.30. The molecule has 2 fully saturated rings. The van der Waals surface area contributed by atoms with Crippen molar-refractivity contribution in [1.82, 2.24) is 15.0 Å². The fourth-order valence-electron chi connectivity index (χ4n) is 3.90. The van der Waals surface area contributed by atoms with Crippen LogP contribution in [0.4, 0.5) is 5.69 Å². The van der Waals surface area contributed by atoms with Crippen LogP contribution < -0.4 is 4.90 Å². The summed E-state index contributed by atoms with van der Waals surface area (Å²) in [6.07, 6.45) is 16.7. The van der Waals surface area contributed by atoms with Crippen molar-refractivity contribution < 1.29 is 4.79 Å². The van der Waals surface area contributed by atoms with Gasteiger partial charge in [-0.25, -0.2) is 0 Å². The second-order valence-electron chi connectivity index (χ2n) is 7.53. The standard InChI is InChI=1S/C21H26N4O/c26-21(17-8-4-9-17)25(19-10-5-11-22-13-19)15-18-12-24-20(14-23-18)16-6-2-1-3-7-16/h5,10-14,16-17H,1-4,6-9,15H2. The summed E-state index contributed by atoms with van der Waals surface area (Å²) in [6, 6.07) is 3.81. The highest BCUT2D eigenvalue weighted by atomic mass is 16.2. The number of anilines is 1. The number of hydrogen-bond acceptors (Lipinski definition) is 4. The smallest absolute Gasteiger partial charge is 0.230 e. The highest BCUT2D eigenvalue weighted by molar-refractivity contribution is 5.95. The van der Waals surface area contributed by atoms with Gasteiger partial charge < -0.3 is 4.90 Å². The molecule has 2 aromatic heterocycles. The van der Waals surface area contributed by atoms with Crippen LogP contribution in [0.15, 0.2) is 36.9 Å². The maximum Gasteiger partial charge on any atom is 0.230 e. The van der Waals surface area contributed by atoms with Crippen LogP contribution in [0.25, 0.3) is 0 Å². The molecule has 0 aromatic carbocycles. The van der Waals surface area contributed by atoms with Gasteiger partial charge in [-0.15, -0.1) is 0 Å². The van der Waals surface area contributed by atoms with Gasteiger partial charge in [0.2, 0.25) is 5.91 Å². The van der Waals surface area contributed by atoms with E-state index in [1.807, 2.05) is 29.4 Å². The molecule has 0 unspecified atom stereocenters. The largest absolute Gasteiger partial charge is 0.305 e. The van der Waals surface area contributed by atoms with E-state index in [0.29, 0.717) is 12.5 Å². The van der Waals surface area contributed by atoms with Gasteiger partial charge in [0.1, 0.15) is 0 Å². The number of pyridine rings is 1. The molecule has 2 aliphatic carbocycles. The van der Waals surface area contributed by atoms with E-state index in [2.05, 4.69) is 15.0 Å². The maximum atomic E-state index is 12.9. The zero-order chi connectivity index (χ0) is 17.8. The Morgan fingerprint density at radius 2 is 1.85 bits per heavy atom. The minimum atomic E-state index is 0.143. The first-order valence-electron chi connectivity index (χ1n) is 9.83. The SMILES string of the molecule is O=C(C1CCC1)N(Cc1cnc(C2CCCCC2)cn1)c1cccnc1. The first kappa shape index (κ1) is 17.1. The summed E-state index contributed by atoms with van der Waals surface area (Å²) < 4.78 is 0. The minimum Gasteiger partial charge on any atom is -0.305 e. The van der Waals surface area contributed by atoms with Crippen LogP contribution in [0.3, 0.4) is 0 Å². The van der Waals surface area contributed by atoms with Gasteiger partial charge in [0.15, 0.2) is 0 Å². The summed E-state index contributed by atoms with van der Waals surface area (Å²) in [5.74, 6) is 0.878. The van der Waals surface area contributed by atoms with E-state index in [4.69, 9.17) is 0 Å². The number of carbonyl (C=O) groups excluding carboxylic acids is 1. The van der Waals surface area contributed by atoms with Crippen molar-refractivity contribution in [2.24, 2.45) is 5.92 Å². The van der Waals surface area contributed by atoms with Gasteiger partial charge in [-0.2, -0.15) is 0 Å². The molecule has 0 N–H and O–H groups in total. The molecule has 5 nitrogen and oxygen atoms in total. The fourth-order valence-corrected chi connectivity index (χ4v) is 3.90. The predicted molar refractivity (Wildman–Crippen MR) is 101 cm³/mol. The van der Waals surface area contributed by atoms with Crippen LogP contribution in [0.1, 0.15) is 68.7 Å². The molecule has 0 radical (unpaired) electrons. The molecule has 2 aliphatic rings. The molecule has 5 heteroatoms. The lowest BCUT2D eigenvalue weighted by Crippen LogP contribution is -2.38. The Morgan fingerprint density at radius 3 is 2.46 bits per heavy atom.